The van der Waals surface area contributed by atoms with Gasteiger partial charge in [-0.25, -0.2) is 0 Å². The molecule has 1 amide bonds. The van der Waals surface area contributed by atoms with Crippen LogP contribution >= 0.6 is 0 Å². The molecule has 1 N–H and O–H groups in total. The first-order chi connectivity index (χ1) is 10.7. The SMILES string of the molecule is COc1ccccc1NC(=O)COC(=O)[C@@H]1C[C@H]2C=C[C@@H]1C2. The number of fused-ring (bicyclic) bond motifs is 2. The highest BCUT2D eigenvalue weighted by Gasteiger charge is 2.40. The van der Waals surface area contributed by atoms with Crippen LogP contribution in [0.5, 0.6) is 5.75 Å². The van der Waals surface area contributed by atoms with Crippen molar-refractivity contribution in [3.8, 4) is 5.75 Å². The molecule has 2 bridgehead atoms. The Balaban J connectivity index is 1.50. The quantitative estimate of drug-likeness (QED) is 0.670. The van der Waals surface area contributed by atoms with E-state index in [-0.39, 0.29) is 30.3 Å². The minimum Gasteiger partial charge on any atom is -0.495 e. The minimum absolute atomic E-state index is 0.0888. The van der Waals surface area contributed by atoms with Crippen molar-refractivity contribution in [3.63, 3.8) is 0 Å². The van der Waals surface area contributed by atoms with E-state index in [1.807, 2.05) is 6.07 Å². The van der Waals surface area contributed by atoms with E-state index in [2.05, 4.69) is 17.5 Å². The molecule has 116 valence electrons. The molecule has 0 unspecified atom stereocenters. The lowest BCUT2D eigenvalue weighted by molar-refractivity contribution is -0.152. The Morgan fingerprint density at radius 1 is 1.23 bits per heavy atom. The lowest BCUT2D eigenvalue weighted by atomic mass is 9.94. The number of nitrogens with one attached hydrogen (secondary N) is 1. The van der Waals surface area contributed by atoms with E-state index in [9.17, 15) is 9.59 Å². The zero-order valence-electron chi connectivity index (χ0n) is 12.5. The lowest BCUT2D eigenvalue weighted by Crippen LogP contribution is -2.26. The molecular weight excluding hydrogens is 282 g/mol. The van der Waals surface area contributed by atoms with E-state index < -0.39 is 0 Å². The van der Waals surface area contributed by atoms with Gasteiger partial charge in [-0.1, -0.05) is 24.3 Å². The van der Waals surface area contributed by atoms with E-state index in [1.54, 1.807) is 18.2 Å². The van der Waals surface area contributed by atoms with Gasteiger partial charge in [-0.05, 0) is 36.8 Å². The second kappa shape index (κ2) is 6.22. The normalized spacial score (nSPS) is 25.0. The Kier molecular flexibility index (Phi) is 4.13. The van der Waals surface area contributed by atoms with Crippen LogP contribution in [0.2, 0.25) is 0 Å². The Morgan fingerprint density at radius 3 is 2.73 bits per heavy atom. The molecule has 0 radical (unpaired) electrons. The summed E-state index contributed by atoms with van der Waals surface area (Å²) in [7, 11) is 1.54. The summed E-state index contributed by atoms with van der Waals surface area (Å²) in [5.41, 5.74) is 0.564. The lowest BCUT2D eigenvalue weighted by Gasteiger charge is -2.16. The van der Waals surface area contributed by atoms with Crippen LogP contribution in [0.3, 0.4) is 0 Å². The summed E-state index contributed by atoms with van der Waals surface area (Å²) in [5, 5.41) is 2.69. The molecule has 0 saturated heterocycles. The number of para-hydroxylation sites is 2. The topological polar surface area (TPSA) is 64.6 Å². The van der Waals surface area contributed by atoms with Crippen molar-refractivity contribution in [1.29, 1.82) is 0 Å². The molecule has 2 aliphatic rings. The van der Waals surface area contributed by atoms with Gasteiger partial charge in [0.05, 0.1) is 18.7 Å². The number of amides is 1. The maximum absolute atomic E-state index is 12.1. The van der Waals surface area contributed by atoms with Gasteiger partial charge in [0, 0.05) is 0 Å². The second-order valence-corrected chi connectivity index (χ2v) is 5.74. The molecule has 5 heteroatoms. The van der Waals surface area contributed by atoms with Gasteiger partial charge >= 0.3 is 5.97 Å². The molecule has 0 aliphatic heterocycles. The van der Waals surface area contributed by atoms with Crippen LogP contribution in [0.1, 0.15) is 12.8 Å². The smallest absolute Gasteiger partial charge is 0.310 e. The molecule has 1 aromatic carbocycles. The zero-order chi connectivity index (χ0) is 15.5. The van der Waals surface area contributed by atoms with Gasteiger partial charge in [0.2, 0.25) is 0 Å². The van der Waals surface area contributed by atoms with Crippen molar-refractivity contribution >= 4 is 17.6 Å². The summed E-state index contributed by atoms with van der Waals surface area (Å²) >= 11 is 0. The van der Waals surface area contributed by atoms with E-state index in [4.69, 9.17) is 9.47 Å². The van der Waals surface area contributed by atoms with E-state index in [1.165, 1.54) is 7.11 Å². The fourth-order valence-electron chi connectivity index (χ4n) is 3.23. The van der Waals surface area contributed by atoms with Gasteiger partial charge in [-0.15, -0.1) is 0 Å². The fourth-order valence-corrected chi connectivity index (χ4v) is 3.23. The van der Waals surface area contributed by atoms with E-state index in [0.29, 0.717) is 17.4 Å². The number of rotatable bonds is 5. The van der Waals surface area contributed by atoms with Crippen molar-refractivity contribution in [2.45, 2.75) is 12.8 Å². The average Bonchev–Trinajstić information content (AvgIpc) is 3.16. The molecule has 0 heterocycles. The van der Waals surface area contributed by atoms with Crippen LogP contribution in [-0.2, 0) is 14.3 Å². The fraction of sp³-hybridized carbons (Fsp3) is 0.412. The largest absolute Gasteiger partial charge is 0.495 e. The number of ether oxygens (including phenoxy) is 2. The molecule has 1 saturated carbocycles. The van der Waals surface area contributed by atoms with Crippen molar-refractivity contribution < 1.29 is 19.1 Å². The molecule has 0 spiro atoms. The first kappa shape index (κ1) is 14.6. The number of carbonyl (C=O) groups is 2. The van der Waals surface area contributed by atoms with Gasteiger partial charge in [0.1, 0.15) is 5.75 Å². The molecule has 5 nitrogen and oxygen atoms in total. The second-order valence-electron chi connectivity index (χ2n) is 5.74. The number of esters is 1. The molecule has 0 aromatic heterocycles. The number of benzene rings is 1. The summed E-state index contributed by atoms with van der Waals surface area (Å²) in [6, 6.07) is 7.10. The van der Waals surface area contributed by atoms with Crippen LogP contribution in [0.4, 0.5) is 5.69 Å². The Morgan fingerprint density at radius 2 is 2.05 bits per heavy atom. The van der Waals surface area contributed by atoms with Crippen molar-refractivity contribution in [1.82, 2.24) is 0 Å². The zero-order valence-corrected chi connectivity index (χ0v) is 12.5. The van der Waals surface area contributed by atoms with Crippen LogP contribution in [0.15, 0.2) is 36.4 Å². The highest BCUT2D eigenvalue weighted by molar-refractivity contribution is 5.94. The number of anilines is 1. The van der Waals surface area contributed by atoms with Crippen molar-refractivity contribution in [3.05, 3.63) is 36.4 Å². The van der Waals surface area contributed by atoms with E-state index in [0.717, 1.165) is 12.8 Å². The number of allylic oxidation sites excluding steroid dienone is 2. The van der Waals surface area contributed by atoms with Gasteiger partial charge in [-0.2, -0.15) is 0 Å². The van der Waals surface area contributed by atoms with Gasteiger partial charge < -0.3 is 14.8 Å². The standard InChI is InChI=1S/C17H19NO4/c1-21-15-5-3-2-4-14(15)18-16(19)10-22-17(20)13-9-11-6-7-12(13)8-11/h2-7,11-13H,8-10H2,1H3,(H,18,19)/t11-,12+,13+/m0/s1. The Bertz CT molecular complexity index is 610. The van der Waals surface area contributed by atoms with Crippen LogP contribution in [0, 0.1) is 17.8 Å². The van der Waals surface area contributed by atoms with Gasteiger partial charge in [0.25, 0.3) is 5.91 Å². The summed E-state index contributed by atoms with van der Waals surface area (Å²) in [5.74, 6) is 0.637. The van der Waals surface area contributed by atoms with Crippen LogP contribution in [0.25, 0.3) is 0 Å². The van der Waals surface area contributed by atoms with Crippen molar-refractivity contribution in [2.75, 3.05) is 19.0 Å². The molecule has 1 aromatic rings. The maximum Gasteiger partial charge on any atom is 0.310 e. The molecule has 3 atom stereocenters. The first-order valence-corrected chi connectivity index (χ1v) is 7.45. The highest BCUT2D eigenvalue weighted by atomic mass is 16.5. The third kappa shape index (κ3) is 2.98. The predicted molar refractivity (Wildman–Crippen MR) is 81.4 cm³/mol. The first-order valence-electron chi connectivity index (χ1n) is 7.45. The van der Waals surface area contributed by atoms with Crippen molar-refractivity contribution in [2.24, 2.45) is 17.8 Å². The summed E-state index contributed by atoms with van der Waals surface area (Å²) in [6.07, 6.45) is 6.14. The number of methoxy groups -OCH3 is 1. The molecule has 22 heavy (non-hydrogen) atoms. The van der Waals surface area contributed by atoms with E-state index >= 15 is 0 Å². The summed E-state index contributed by atoms with van der Waals surface area (Å²) in [6.45, 7) is -0.269. The average molecular weight is 301 g/mol. The number of hydrogen-bond donors (Lipinski definition) is 1. The number of carbonyl (C=O) groups excluding carboxylic acids is 2. The molecule has 2 aliphatic carbocycles. The number of hydrogen-bond acceptors (Lipinski definition) is 4. The third-order valence-corrected chi connectivity index (χ3v) is 4.31. The molecule has 3 rings (SSSR count). The van der Waals surface area contributed by atoms with Gasteiger partial charge in [-0.3, -0.25) is 9.59 Å². The minimum atomic E-state index is -0.364. The van der Waals surface area contributed by atoms with Gasteiger partial charge in [0.15, 0.2) is 6.61 Å². The highest BCUT2D eigenvalue weighted by Crippen LogP contribution is 2.43. The van der Waals surface area contributed by atoms with Crippen LogP contribution < -0.4 is 10.1 Å². The Labute approximate surface area is 129 Å². The molecule has 1 fully saturated rings. The summed E-state index contributed by atoms with van der Waals surface area (Å²) < 4.78 is 10.3. The third-order valence-electron chi connectivity index (χ3n) is 4.31. The monoisotopic (exact) mass is 301 g/mol. The molecular formula is C17H19NO4. The van der Waals surface area contributed by atoms with Crippen LogP contribution in [-0.4, -0.2) is 25.6 Å². The maximum atomic E-state index is 12.1. The predicted octanol–water partition coefficient (Wildman–Crippen LogP) is 2.39. The summed E-state index contributed by atoms with van der Waals surface area (Å²) in [4.78, 5) is 24.0. The Hall–Kier alpha value is -2.30.